The third-order valence-electron chi connectivity index (χ3n) is 4.43. The zero-order valence-corrected chi connectivity index (χ0v) is 16.5. The molecule has 0 saturated carbocycles. The van der Waals surface area contributed by atoms with Gasteiger partial charge in [-0.1, -0.05) is 30.3 Å². The molecular weight excluding hydrogens is 372 g/mol. The number of hydrogen-bond donors (Lipinski definition) is 1. The highest BCUT2D eigenvalue weighted by molar-refractivity contribution is 6.02. The molecule has 0 aliphatic heterocycles. The predicted molar refractivity (Wildman–Crippen MR) is 110 cm³/mol. The first-order valence-electron chi connectivity index (χ1n) is 9.03. The molecular formula is C21H22N4O4. The molecule has 0 atom stereocenters. The van der Waals surface area contributed by atoms with Crippen LogP contribution in [0.2, 0.25) is 0 Å². The van der Waals surface area contributed by atoms with Crippen LogP contribution in [0, 0.1) is 0 Å². The van der Waals surface area contributed by atoms with Gasteiger partial charge in [-0.2, -0.15) is 5.10 Å². The Hall–Kier alpha value is -3.68. The van der Waals surface area contributed by atoms with Gasteiger partial charge >= 0.3 is 5.97 Å². The van der Waals surface area contributed by atoms with Crippen molar-refractivity contribution in [3.63, 3.8) is 0 Å². The second-order valence-electron chi connectivity index (χ2n) is 6.74. The molecule has 0 unspecified atom stereocenters. The van der Waals surface area contributed by atoms with Crippen LogP contribution in [0.25, 0.3) is 10.8 Å². The van der Waals surface area contributed by atoms with E-state index in [1.807, 2.05) is 43.3 Å². The number of carbonyl (C=O) groups is 2. The SMILES string of the molecule is CN(C)c1ccc(CNC(=O)COC(=O)c2nn(C)c(=O)c3ccccc23)cc1. The van der Waals surface area contributed by atoms with Crippen LogP contribution in [-0.2, 0) is 23.1 Å². The third-order valence-corrected chi connectivity index (χ3v) is 4.43. The summed E-state index contributed by atoms with van der Waals surface area (Å²) in [5.41, 5.74) is 1.68. The Labute approximate surface area is 167 Å². The fourth-order valence-corrected chi connectivity index (χ4v) is 2.81. The average molecular weight is 394 g/mol. The summed E-state index contributed by atoms with van der Waals surface area (Å²) in [4.78, 5) is 38.6. The fourth-order valence-electron chi connectivity index (χ4n) is 2.81. The molecule has 1 heterocycles. The van der Waals surface area contributed by atoms with Crippen LogP contribution in [0.5, 0.6) is 0 Å². The van der Waals surface area contributed by atoms with E-state index in [9.17, 15) is 14.4 Å². The molecule has 3 aromatic rings. The summed E-state index contributed by atoms with van der Waals surface area (Å²) in [6.45, 7) is -0.113. The number of ether oxygens (including phenoxy) is 1. The molecule has 0 saturated heterocycles. The van der Waals surface area contributed by atoms with Crippen LogP contribution in [0.4, 0.5) is 5.69 Å². The number of aryl methyl sites for hydroxylation is 1. The topological polar surface area (TPSA) is 93.5 Å². The Kier molecular flexibility index (Phi) is 5.92. The van der Waals surface area contributed by atoms with Gasteiger partial charge in [-0.3, -0.25) is 9.59 Å². The van der Waals surface area contributed by atoms with Crippen LogP contribution in [-0.4, -0.2) is 42.4 Å². The van der Waals surface area contributed by atoms with Crippen LogP contribution in [0.3, 0.4) is 0 Å². The molecule has 3 rings (SSSR count). The van der Waals surface area contributed by atoms with E-state index in [-0.39, 0.29) is 11.3 Å². The zero-order valence-electron chi connectivity index (χ0n) is 16.5. The van der Waals surface area contributed by atoms with Gasteiger partial charge in [-0.05, 0) is 23.8 Å². The molecule has 0 bridgehead atoms. The largest absolute Gasteiger partial charge is 0.451 e. The third kappa shape index (κ3) is 4.60. The Balaban J connectivity index is 1.61. The van der Waals surface area contributed by atoms with E-state index in [0.717, 1.165) is 15.9 Å². The van der Waals surface area contributed by atoms with Crippen LogP contribution in [0.1, 0.15) is 16.1 Å². The maximum absolute atomic E-state index is 12.4. The summed E-state index contributed by atoms with van der Waals surface area (Å²) in [5, 5.41) is 7.45. The monoisotopic (exact) mass is 394 g/mol. The Morgan fingerprint density at radius 1 is 1.07 bits per heavy atom. The van der Waals surface area contributed by atoms with Crippen molar-refractivity contribution in [2.75, 3.05) is 25.6 Å². The van der Waals surface area contributed by atoms with Crippen molar-refractivity contribution in [3.05, 3.63) is 70.1 Å². The Morgan fingerprint density at radius 2 is 1.72 bits per heavy atom. The van der Waals surface area contributed by atoms with E-state index in [1.54, 1.807) is 24.3 Å². The van der Waals surface area contributed by atoms with Gasteiger partial charge in [0.25, 0.3) is 11.5 Å². The molecule has 8 heteroatoms. The van der Waals surface area contributed by atoms with Crippen LogP contribution in [0.15, 0.2) is 53.3 Å². The molecule has 29 heavy (non-hydrogen) atoms. The number of anilines is 1. The number of nitrogens with zero attached hydrogens (tertiary/aromatic N) is 3. The van der Waals surface area contributed by atoms with Crippen molar-refractivity contribution >= 4 is 28.3 Å². The second-order valence-corrected chi connectivity index (χ2v) is 6.74. The number of nitrogens with one attached hydrogen (secondary N) is 1. The standard InChI is InChI=1S/C21H22N4O4/c1-24(2)15-10-8-14(9-11-15)12-22-18(26)13-29-21(28)19-16-6-4-5-7-17(16)20(27)25(3)23-19/h4-11H,12-13H2,1-3H3,(H,22,26). The minimum atomic E-state index is -0.762. The van der Waals surface area contributed by atoms with Gasteiger partial charge in [0.15, 0.2) is 12.3 Å². The van der Waals surface area contributed by atoms with E-state index in [2.05, 4.69) is 10.4 Å². The van der Waals surface area contributed by atoms with E-state index in [0.29, 0.717) is 17.3 Å². The maximum Gasteiger partial charge on any atom is 0.359 e. The number of esters is 1. The van der Waals surface area contributed by atoms with Gasteiger partial charge in [-0.15, -0.1) is 0 Å². The number of hydrogen-bond acceptors (Lipinski definition) is 6. The summed E-state index contributed by atoms with van der Waals surface area (Å²) >= 11 is 0. The van der Waals surface area contributed by atoms with Crippen LogP contribution < -0.4 is 15.8 Å². The molecule has 1 N–H and O–H groups in total. The summed E-state index contributed by atoms with van der Waals surface area (Å²) in [5.74, 6) is -1.19. The Bertz CT molecular complexity index is 1100. The average Bonchev–Trinajstić information content (AvgIpc) is 2.73. The van der Waals surface area contributed by atoms with Crippen LogP contribution >= 0.6 is 0 Å². The highest BCUT2D eigenvalue weighted by Crippen LogP contribution is 2.14. The lowest BCUT2D eigenvalue weighted by Gasteiger charge is -2.13. The summed E-state index contributed by atoms with van der Waals surface area (Å²) in [6, 6.07) is 14.4. The van der Waals surface area contributed by atoms with Gasteiger partial charge in [0, 0.05) is 38.8 Å². The minimum absolute atomic E-state index is 0.00484. The van der Waals surface area contributed by atoms with E-state index in [4.69, 9.17) is 4.74 Å². The quantitative estimate of drug-likeness (QED) is 0.637. The smallest absolute Gasteiger partial charge is 0.359 e. The molecule has 0 aliphatic carbocycles. The Morgan fingerprint density at radius 3 is 2.38 bits per heavy atom. The summed E-state index contributed by atoms with van der Waals surface area (Å²) < 4.78 is 6.18. The molecule has 0 radical (unpaired) electrons. The van der Waals surface area contributed by atoms with Gasteiger partial charge < -0.3 is 15.0 Å². The summed E-state index contributed by atoms with van der Waals surface area (Å²) in [7, 11) is 5.36. The van der Waals surface area contributed by atoms with Gasteiger partial charge in [-0.25, -0.2) is 9.48 Å². The number of fused-ring (bicyclic) bond motifs is 1. The molecule has 8 nitrogen and oxygen atoms in total. The number of benzene rings is 2. The van der Waals surface area contributed by atoms with Gasteiger partial charge in [0.1, 0.15) is 0 Å². The zero-order chi connectivity index (χ0) is 21.0. The lowest BCUT2D eigenvalue weighted by Crippen LogP contribution is -2.29. The second kappa shape index (κ2) is 8.55. The number of aromatic nitrogens is 2. The predicted octanol–water partition coefficient (Wildman–Crippen LogP) is 1.47. The first-order valence-corrected chi connectivity index (χ1v) is 9.03. The number of carbonyl (C=O) groups excluding carboxylic acids is 2. The van der Waals surface area contributed by atoms with Crippen molar-refractivity contribution in [2.24, 2.45) is 7.05 Å². The first-order chi connectivity index (χ1) is 13.9. The number of rotatable bonds is 6. The molecule has 0 aliphatic rings. The fraction of sp³-hybridized carbons (Fsp3) is 0.238. The highest BCUT2D eigenvalue weighted by atomic mass is 16.5. The normalized spacial score (nSPS) is 10.6. The van der Waals surface area contributed by atoms with E-state index >= 15 is 0 Å². The van der Waals surface area contributed by atoms with Crippen molar-refractivity contribution in [3.8, 4) is 0 Å². The minimum Gasteiger partial charge on any atom is -0.451 e. The van der Waals surface area contributed by atoms with Crippen molar-refractivity contribution in [1.82, 2.24) is 15.1 Å². The van der Waals surface area contributed by atoms with Gasteiger partial charge in [0.2, 0.25) is 0 Å². The molecule has 0 spiro atoms. The van der Waals surface area contributed by atoms with Crippen molar-refractivity contribution < 1.29 is 14.3 Å². The van der Waals surface area contributed by atoms with E-state index in [1.165, 1.54) is 7.05 Å². The molecule has 0 fully saturated rings. The highest BCUT2D eigenvalue weighted by Gasteiger charge is 2.18. The number of amides is 1. The molecule has 150 valence electrons. The maximum atomic E-state index is 12.4. The molecule has 2 aromatic carbocycles. The summed E-state index contributed by atoms with van der Waals surface area (Å²) in [6.07, 6.45) is 0. The molecule has 1 aromatic heterocycles. The van der Waals surface area contributed by atoms with E-state index < -0.39 is 18.5 Å². The lowest BCUT2D eigenvalue weighted by molar-refractivity contribution is -0.124. The first kappa shape index (κ1) is 20.1. The molecule has 1 amide bonds. The van der Waals surface area contributed by atoms with Gasteiger partial charge in [0.05, 0.1) is 5.39 Å². The lowest BCUT2D eigenvalue weighted by atomic mass is 10.1. The van der Waals surface area contributed by atoms with Crippen molar-refractivity contribution in [2.45, 2.75) is 6.54 Å². The van der Waals surface area contributed by atoms with Crippen molar-refractivity contribution in [1.29, 1.82) is 0 Å².